The van der Waals surface area contributed by atoms with Crippen molar-refractivity contribution in [3.05, 3.63) is 55.9 Å². The number of hydrogen-bond acceptors (Lipinski definition) is 3. The highest BCUT2D eigenvalue weighted by molar-refractivity contribution is 9.10. The quantitative estimate of drug-likeness (QED) is 0.877. The number of amides is 1. The minimum absolute atomic E-state index is 0.184. The van der Waals surface area contributed by atoms with Crippen molar-refractivity contribution in [1.29, 1.82) is 0 Å². The van der Waals surface area contributed by atoms with E-state index >= 15 is 0 Å². The minimum Gasteiger partial charge on any atom is -0.366 e. The van der Waals surface area contributed by atoms with E-state index in [1.54, 1.807) is 17.4 Å². The van der Waals surface area contributed by atoms with Crippen LogP contribution in [0.25, 0.3) is 0 Å². The summed E-state index contributed by atoms with van der Waals surface area (Å²) in [5.41, 5.74) is 5.79. The predicted octanol–water partition coefficient (Wildman–Crippen LogP) is 3.04. The molecule has 1 aromatic heterocycles. The molecule has 3 nitrogen and oxygen atoms in total. The van der Waals surface area contributed by atoms with Crippen molar-refractivity contribution < 1.29 is 9.18 Å². The molecule has 100 valence electrons. The Morgan fingerprint density at radius 3 is 2.74 bits per heavy atom. The van der Waals surface area contributed by atoms with Crippen molar-refractivity contribution in [1.82, 2.24) is 5.32 Å². The van der Waals surface area contributed by atoms with Gasteiger partial charge in [0.25, 0.3) is 0 Å². The number of primary amides is 1. The van der Waals surface area contributed by atoms with E-state index in [1.807, 2.05) is 11.4 Å². The largest absolute Gasteiger partial charge is 0.366 e. The van der Waals surface area contributed by atoms with Crippen LogP contribution in [0.15, 0.2) is 34.1 Å². The molecular weight excluding hydrogens is 331 g/mol. The summed E-state index contributed by atoms with van der Waals surface area (Å²) in [5, 5.41) is 5.15. The van der Waals surface area contributed by atoms with Gasteiger partial charge in [-0.05, 0) is 34.1 Å². The zero-order valence-electron chi connectivity index (χ0n) is 9.95. The van der Waals surface area contributed by atoms with Crippen LogP contribution in [0, 0.1) is 5.82 Å². The van der Waals surface area contributed by atoms with E-state index in [0.717, 1.165) is 4.47 Å². The highest BCUT2D eigenvalue weighted by Crippen LogP contribution is 2.19. The molecule has 0 aliphatic carbocycles. The van der Waals surface area contributed by atoms with Crippen molar-refractivity contribution in [3.8, 4) is 0 Å². The van der Waals surface area contributed by atoms with Crippen LogP contribution in [0.3, 0.4) is 0 Å². The molecule has 0 aliphatic heterocycles. The van der Waals surface area contributed by atoms with Crippen LogP contribution in [0.1, 0.15) is 20.8 Å². The predicted molar refractivity (Wildman–Crippen MR) is 77.5 cm³/mol. The summed E-state index contributed by atoms with van der Waals surface area (Å²) < 4.78 is 14.7. The SMILES string of the molecule is NC(=O)c1ccc(CNCc2cc(Br)cs2)c(F)c1. The summed E-state index contributed by atoms with van der Waals surface area (Å²) in [4.78, 5) is 12.1. The normalized spacial score (nSPS) is 10.6. The van der Waals surface area contributed by atoms with Gasteiger partial charge in [0.05, 0.1) is 0 Å². The number of nitrogens with one attached hydrogen (secondary N) is 1. The lowest BCUT2D eigenvalue weighted by Gasteiger charge is -2.06. The summed E-state index contributed by atoms with van der Waals surface area (Å²) in [6, 6.07) is 6.29. The summed E-state index contributed by atoms with van der Waals surface area (Å²) in [6.07, 6.45) is 0. The molecule has 0 spiro atoms. The Balaban J connectivity index is 1.94. The Hall–Kier alpha value is -1.24. The monoisotopic (exact) mass is 342 g/mol. The summed E-state index contributed by atoms with van der Waals surface area (Å²) in [7, 11) is 0. The van der Waals surface area contributed by atoms with Crippen LogP contribution in [-0.4, -0.2) is 5.91 Å². The summed E-state index contributed by atoms with van der Waals surface area (Å²) >= 11 is 5.01. The van der Waals surface area contributed by atoms with Crippen LogP contribution in [0.2, 0.25) is 0 Å². The number of carbonyl (C=O) groups is 1. The fourth-order valence-electron chi connectivity index (χ4n) is 1.61. The fourth-order valence-corrected chi connectivity index (χ4v) is 3.03. The maximum Gasteiger partial charge on any atom is 0.248 e. The lowest BCUT2D eigenvalue weighted by atomic mass is 10.1. The van der Waals surface area contributed by atoms with E-state index in [0.29, 0.717) is 18.7 Å². The Morgan fingerprint density at radius 1 is 1.37 bits per heavy atom. The maximum atomic E-state index is 13.7. The Kier molecular flexibility index (Phi) is 4.68. The molecule has 1 aromatic carbocycles. The van der Waals surface area contributed by atoms with E-state index in [1.165, 1.54) is 17.0 Å². The number of hydrogen-bond donors (Lipinski definition) is 2. The van der Waals surface area contributed by atoms with Crippen molar-refractivity contribution in [2.24, 2.45) is 5.73 Å². The Labute approximate surface area is 122 Å². The lowest BCUT2D eigenvalue weighted by Crippen LogP contribution is -2.15. The minimum atomic E-state index is -0.623. The standard InChI is InChI=1S/C13H12BrFN2OS/c14-10-4-11(19-7-10)6-17-5-9-2-1-8(13(16)18)3-12(9)15/h1-4,7,17H,5-6H2,(H2,16,18). The molecule has 6 heteroatoms. The van der Waals surface area contributed by atoms with Crippen molar-refractivity contribution in [2.45, 2.75) is 13.1 Å². The second-order valence-electron chi connectivity index (χ2n) is 4.01. The molecular formula is C13H12BrFN2OS. The molecule has 0 bridgehead atoms. The van der Waals surface area contributed by atoms with E-state index < -0.39 is 11.7 Å². The topological polar surface area (TPSA) is 55.1 Å². The van der Waals surface area contributed by atoms with Gasteiger partial charge in [-0.25, -0.2) is 4.39 Å². The third kappa shape index (κ3) is 3.86. The average molecular weight is 343 g/mol. The van der Waals surface area contributed by atoms with Crippen LogP contribution in [0.5, 0.6) is 0 Å². The lowest BCUT2D eigenvalue weighted by molar-refractivity contribution is 0.1000. The first kappa shape index (κ1) is 14.2. The second kappa shape index (κ2) is 6.27. The number of benzene rings is 1. The molecule has 0 unspecified atom stereocenters. The van der Waals surface area contributed by atoms with Gasteiger partial charge in [0.1, 0.15) is 5.82 Å². The van der Waals surface area contributed by atoms with E-state index in [-0.39, 0.29) is 5.56 Å². The van der Waals surface area contributed by atoms with Crippen LogP contribution >= 0.6 is 27.3 Å². The molecule has 0 radical (unpaired) electrons. The highest BCUT2D eigenvalue weighted by atomic mass is 79.9. The molecule has 0 atom stereocenters. The van der Waals surface area contributed by atoms with Gasteiger partial charge >= 0.3 is 0 Å². The Morgan fingerprint density at radius 2 is 2.16 bits per heavy atom. The van der Waals surface area contributed by atoms with Gasteiger partial charge in [-0.1, -0.05) is 6.07 Å². The highest BCUT2D eigenvalue weighted by Gasteiger charge is 2.07. The molecule has 2 rings (SSSR count). The van der Waals surface area contributed by atoms with Crippen molar-refractivity contribution in [3.63, 3.8) is 0 Å². The average Bonchev–Trinajstić information content (AvgIpc) is 2.77. The van der Waals surface area contributed by atoms with Gasteiger partial charge < -0.3 is 11.1 Å². The number of nitrogens with two attached hydrogens (primary N) is 1. The molecule has 1 heterocycles. The first-order valence-corrected chi connectivity index (χ1v) is 7.25. The molecule has 0 aliphatic rings. The molecule has 3 N–H and O–H groups in total. The van der Waals surface area contributed by atoms with E-state index in [9.17, 15) is 9.18 Å². The number of rotatable bonds is 5. The number of halogens is 2. The molecule has 0 fully saturated rings. The van der Waals surface area contributed by atoms with Crippen LogP contribution in [0.4, 0.5) is 4.39 Å². The van der Waals surface area contributed by atoms with Crippen molar-refractivity contribution in [2.75, 3.05) is 0 Å². The van der Waals surface area contributed by atoms with Gasteiger partial charge in [-0.15, -0.1) is 11.3 Å². The van der Waals surface area contributed by atoms with Crippen LogP contribution < -0.4 is 11.1 Å². The fraction of sp³-hybridized carbons (Fsp3) is 0.154. The maximum absolute atomic E-state index is 13.7. The zero-order valence-corrected chi connectivity index (χ0v) is 12.4. The molecule has 0 saturated carbocycles. The molecule has 1 amide bonds. The zero-order chi connectivity index (χ0) is 13.8. The number of thiophene rings is 1. The third-order valence-electron chi connectivity index (χ3n) is 2.57. The molecule has 2 aromatic rings. The van der Waals surface area contributed by atoms with E-state index in [4.69, 9.17) is 5.73 Å². The summed E-state index contributed by atoms with van der Waals surface area (Å²) in [6.45, 7) is 1.08. The van der Waals surface area contributed by atoms with Crippen LogP contribution in [-0.2, 0) is 13.1 Å². The van der Waals surface area contributed by atoms with E-state index in [2.05, 4.69) is 21.2 Å². The van der Waals surface area contributed by atoms with Gasteiger partial charge in [-0.3, -0.25) is 4.79 Å². The Bertz CT molecular complexity index is 600. The molecule has 19 heavy (non-hydrogen) atoms. The van der Waals surface area contributed by atoms with Gasteiger partial charge in [0, 0.05) is 38.9 Å². The first-order valence-electron chi connectivity index (χ1n) is 5.58. The third-order valence-corrected chi connectivity index (χ3v) is 4.27. The van der Waals surface area contributed by atoms with Gasteiger partial charge in [0.15, 0.2) is 0 Å². The van der Waals surface area contributed by atoms with Gasteiger partial charge in [-0.2, -0.15) is 0 Å². The van der Waals surface area contributed by atoms with Gasteiger partial charge in [0.2, 0.25) is 5.91 Å². The molecule has 0 saturated heterocycles. The second-order valence-corrected chi connectivity index (χ2v) is 5.92. The smallest absolute Gasteiger partial charge is 0.248 e. The summed E-state index contributed by atoms with van der Waals surface area (Å²) in [5.74, 6) is -1.04. The number of carbonyl (C=O) groups excluding carboxylic acids is 1. The first-order chi connectivity index (χ1) is 9.06. The van der Waals surface area contributed by atoms with Crippen molar-refractivity contribution >= 4 is 33.2 Å².